The van der Waals surface area contributed by atoms with Crippen molar-refractivity contribution in [1.82, 2.24) is 9.97 Å². The molecule has 7 heteroatoms. The van der Waals surface area contributed by atoms with Gasteiger partial charge in [-0.05, 0) is 49.6 Å². The van der Waals surface area contributed by atoms with Crippen molar-refractivity contribution in [2.45, 2.75) is 19.3 Å². The molecule has 6 nitrogen and oxygen atoms in total. The largest absolute Gasteiger partial charge is 0.506 e. The van der Waals surface area contributed by atoms with E-state index in [0.29, 0.717) is 5.52 Å². The molecule has 26 heavy (non-hydrogen) atoms. The monoisotopic (exact) mass is 354 g/mol. The zero-order valence-corrected chi connectivity index (χ0v) is 14.1. The van der Waals surface area contributed by atoms with Crippen molar-refractivity contribution in [3.63, 3.8) is 0 Å². The Kier molecular flexibility index (Phi) is 5.58. The third-order valence-electron chi connectivity index (χ3n) is 4.02. The van der Waals surface area contributed by atoms with E-state index >= 15 is 0 Å². The molecule has 0 saturated carbocycles. The Balaban J connectivity index is 1.53. The maximum atomic E-state index is 13.3. The summed E-state index contributed by atoms with van der Waals surface area (Å²) in [6.07, 6.45) is 5.33. The van der Waals surface area contributed by atoms with Gasteiger partial charge < -0.3 is 15.6 Å². The molecular weight excluding hydrogens is 335 g/mol. The second-order valence-electron chi connectivity index (χ2n) is 5.86. The quantitative estimate of drug-likeness (QED) is 0.260. The summed E-state index contributed by atoms with van der Waals surface area (Å²) < 4.78 is 13.3. The number of halogens is 1. The number of pyridine rings is 2. The van der Waals surface area contributed by atoms with Gasteiger partial charge in [-0.1, -0.05) is 5.16 Å². The number of nitrogens with zero attached hydrogens (tertiary/aromatic N) is 3. The Hall–Kier alpha value is -3.22. The molecule has 0 aliphatic heterocycles. The van der Waals surface area contributed by atoms with Crippen molar-refractivity contribution in [3.05, 3.63) is 59.8 Å². The van der Waals surface area contributed by atoms with Gasteiger partial charge in [-0.3, -0.25) is 4.98 Å². The minimum atomic E-state index is -0.297. The average Bonchev–Trinajstić information content (AvgIpc) is 2.64. The summed E-state index contributed by atoms with van der Waals surface area (Å²) in [7, 11) is 0. The van der Waals surface area contributed by atoms with Crippen LogP contribution >= 0.6 is 0 Å². The summed E-state index contributed by atoms with van der Waals surface area (Å²) in [5.41, 5.74) is 2.63. The highest BCUT2D eigenvalue weighted by Gasteiger charge is 2.04. The van der Waals surface area contributed by atoms with Crippen LogP contribution in [0.4, 0.5) is 10.1 Å². The number of hydrogen-bond acceptors (Lipinski definition) is 6. The Morgan fingerprint density at radius 3 is 2.88 bits per heavy atom. The minimum absolute atomic E-state index is 0.0192. The van der Waals surface area contributed by atoms with E-state index in [-0.39, 0.29) is 17.3 Å². The summed E-state index contributed by atoms with van der Waals surface area (Å²) in [4.78, 5) is 8.42. The lowest BCUT2D eigenvalue weighted by atomic mass is 10.1. The van der Waals surface area contributed by atoms with E-state index in [1.807, 2.05) is 6.07 Å². The van der Waals surface area contributed by atoms with Crippen molar-refractivity contribution in [1.29, 1.82) is 0 Å². The van der Waals surface area contributed by atoms with Crippen molar-refractivity contribution < 1.29 is 14.7 Å². The second kappa shape index (κ2) is 8.24. The maximum absolute atomic E-state index is 13.3. The number of aryl methyl sites for hydroxylation is 1. The number of fused-ring (bicyclic) bond motifs is 1. The van der Waals surface area contributed by atoms with Gasteiger partial charge in [0.15, 0.2) is 0 Å². The zero-order valence-electron chi connectivity index (χ0n) is 14.1. The highest BCUT2D eigenvalue weighted by Crippen LogP contribution is 2.22. The van der Waals surface area contributed by atoms with Gasteiger partial charge in [0.2, 0.25) is 0 Å². The van der Waals surface area contributed by atoms with Crippen molar-refractivity contribution >= 4 is 22.8 Å². The third kappa shape index (κ3) is 4.24. The van der Waals surface area contributed by atoms with Gasteiger partial charge in [0, 0.05) is 35.6 Å². The minimum Gasteiger partial charge on any atom is -0.506 e. The highest BCUT2D eigenvalue weighted by molar-refractivity contribution is 5.90. The molecule has 2 aromatic heterocycles. The molecule has 0 spiro atoms. The lowest BCUT2D eigenvalue weighted by Gasteiger charge is -2.09. The van der Waals surface area contributed by atoms with Crippen LogP contribution in [0.25, 0.3) is 10.9 Å². The topological polar surface area (TPSA) is 90.6 Å². The third-order valence-corrected chi connectivity index (χ3v) is 4.02. The van der Waals surface area contributed by atoms with Crippen LogP contribution < -0.4 is 5.32 Å². The van der Waals surface area contributed by atoms with Crippen LogP contribution in [-0.2, 0) is 6.42 Å². The fraction of sp³-hybridized carbons (Fsp3) is 0.211. The standard InChI is InChI=1S/C19H19FN4O2/c20-13-4-6-15-16(8-10-22-17(15)11-13)21-9-2-1-3-14-5-7-19(25)18(24-14)12-23-26/h4-8,10-12,25-26H,1-3,9H2,(H,21,22)/b23-12+. The van der Waals surface area contributed by atoms with Crippen LogP contribution in [0.2, 0.25) is 0 Å². The lowest BCUT2D eigenvalue weighted by molar-refractivity contribution is 0.321. The molecule has 0 aliphatic rings. The van der Waals surface area contributed by atoms with Gasteiger partial charge in [0.05, 0.1) is 11.7 Å². The molecule has 0 aliphatic carbocycles. The first-order valence-electron chi connectivity index (χ1n) is 8.32. The van der Waals surface area contributed by atoms with Gasteiger partial charge in [-0.15, -0.1) is 0 Å². The Bertz CT molecular complexity index is 931. The molecule has 0 atom stereocenters. The summed E-state index contributed by atoms with van der Waals surface area (Å²) in [6.45, 7) is 0.763. The van der Waals surface area contributed by atoms with Gasteiger partial charge >= 0.3 is 0 Å². The lowest BCUT2D eigenvalue weighted by Crippen LogP contribution is -2.04. The van der Waals surface area contributed by atoms with Crippen molar-refractivity contribution in [3.8, 4) is 5.75 Å². The summed E-state index contributed by atoms with van der Waals surface area (Å²) in [5.74, 6) is -0.316. The Morgan fingerprint density at radius 2 is 2.04 bits per heavy atom. The maximum Gasteiger partial charge on any atom is 0.142 e. The van der Waals surface area contributed by atoms with Gasteiger partial charge in [-0.25, -0.2) is 9.37 Å². The summed E-state index contributed by atoms with van der Waals surface area (Å²) in [6, 6.07) is 9.75. The first kappa shape index (κ1) is 17.6. The van der Waals surface area contributed by atoms with E-state index in [1.54, 1.807) is 24.4 Å². The van der Waals surface area contributed by atoms with Gasteiger partial charge in [0.25, 0.3) is 0 Å². The number of nitrogens with one attached hydrogen (secondary N) is 1. The van der Waals surface area contributed by atoms with E-state index in [4.69, 9.17) is 5.21 Å². The molecule has 3 N–H and O–H groups in total. The number of aromatic hydroxyl groups is 1. The molecule has 0 bridgehead atoms. The molecule has 0 fully saturated rings. The van der Waals surface area contributed by atoms with E-state index in [0.717, 1.165) is 48.8 Å². The zero-order chi connectivity index (χ0) is 18.4. The molecule has 0 saturated heterocycles. The second-order valence-corrected chi connectivity index (χ2v) is 5.86. The van der Waals surface area contributed by atoms with Crippen LogP contribution in [-0.4, -0.2) is 33.0 Å². The first-order valence-corrected chi connectivity index (χ1v) is 8.32. The summed E-state index contributed by atoms with van der Waals surface area (Å²) >= 11 is 0. The fourth-order valence-corrected chi connectivity index (χ4v) is 2.73. The van der Waals surface area contributed by atoms with Crippen molar-refractivity contribution in [2.24, 2.45) is 5.16 Å². The van der Waals surface area contributed by atoms with Gasteiger partial charge in [-0.2, -0.15) is 0 Å². The van der Waals surface area contributed by atoms with E-state index in [2.05, 4.69) is 20.4 Å². The van der Waals surface area contributed by atoms with E-state index < -0.39 is 0 Å². The predicted octanol–water partition coefficient (Wildman–Crippen LogP) is 3.72. The molecule has 0 radical (unpaired) electrons. The molecular formula is C19H19FN4O2. The number of aromatic nitrogens is 2. The number of anilines is 1. The number of oxime groups is 1. The fourth-order valence-electron chi connectivity index (χ4n) is 2.73. The van der Waals surface area contributed by atoms with Crippen LogP contribution in [0, 0.1) is 5.82 Å². The SMILES string of the molecule is O/N=C/c1nc(CCCCNc2ccnc3cc(F)ccc23)ccc1O. The smallest absolute Gasteiger partial charge is 0.142 e. The normalized spacial score (nSPS) is 11.3. The molecule has 134 valence electrons. The number of rotatable bonds is 7. The number of benzene rings is 1. The molecule has 0 unspecified atom stereocenters. The van der Waals surface area contributed by atoms with Gasteiger partial charge in [0.1, 0.15) is 17.3 Å². The molecule has 1 aromatic carbocycles. The molecule has 2 heterocycles. The van der Waals surface area contributed by atoms with E-state index in [9.17, 15) is 9.50 Å². The van der Waals surface area contributed by atoms with Crippen LogP contribution in [0.5, 0.6) is 5.75 Å². The first-order chi connectivity index (χ1) is 12.7. The molecule has 3 aromatic rings. The molecule has 0 amide bonds. The summed E-state index contributed by atoms with van der Waals surface area (Å²) in [5, 5.41) is 25.3. The Morgan fingerprint density at radius 1 is 1.15 bits per heavy atom. The van der Waals surface area contributed by atoms with Crippen molar-refractivity contribution in [2.75, 3.05) is 11.9 Å². The highest BCUT2D eigenvalue weighted by atomic mass is 19.1. The van der Waals surface area contributed by atoms with Crippen LogP contribution in [0.1, 0.15) is 24.2 Å². The molecule has 3 rings (SSSR count). The average molecular weight is 354 g/mol. The Labute approximate surface area is 150 Å². The number of unbranched alkanes of at least 4 members (excludes halogenated alkanes) is 1. The van der Waals surface area contributed by atoms with Crippen LogP contribution in [0.3, 0.4) is 0 Å². The number of hydrogen-bond donors (Lipinski definition) is 3. The predicted molar refractivity (Wildman–Crippen MR) is 98.4 cm³/mol. The van der Waals surface area contributed by atoms with Crippen LogP contribution in [0.15, 0.2) is 47.8 Å². The van der Waals surface area contributed by atoms with E-state index in [1.165, 1.54) is 12.1 Å².